The van der Waals surface area contributed by atoms with Crippen molar-refractivity contribution in [2.45, 2.75) is 64.5 Å². The van der Waals surface area contributed by atoms with Crippen LogP contribution in [0.4, 0.5) is 11.4 Å². The summed E-state index contributed by atoms with van der Waals surface area (Å²) >= 11 is 0. The van der Waals surface area contributed by atoms with E-state index in [0.29, 0.717) is 37.6 Å². The Labute approximate surface area is 168 Å². The first-order chi connectivity index (χ1) is 13.1. The number of ether oxygens (including phenoxy) is 1. The standard InChI is InChI=1S/C19H33N3O5S/c1-5-6-14-27-16-10-11-17(18(15-16)22(23)24)20-12-8-7-9-13-21-28(25,26)19(2,3)4/h10-11,15,20-21H,5-9,12-14H2,1-4H3. The summed E-state index contributed by atoms with van der Waals surface area (Å²) in [5, 5.41) is 14.4. The van der Waals surface area contributed by atoms with Crippen LogP contribution in [0.25, 0.3) is 0 Å². The Morgan fingerprint density at radius 2 is 1.79 bits per heavy atom. The molecule has 0 aliphatic rings. The third-order valence-electron chi connectivity index (χ3n) is 4.20. The second-order valence-electron chi connectivity index (χ2n) is 7.64. The summed E-state index contributed by atoms with van der Waals surface area (Å²) in [6.45, 7) is 8.54. The molecule has 1 rings (SSSR count). The summed E-state index contributed by atoms with van der Waals surface area (Å²) in [6.07, 6.45) is 4.21. The molecule has 0 aliphatic carbocycles. The molecule has 0 radical (unpaired) electrons. The van der Waals surface area contributed by atoms with Crippen LogP contribution in [0.15, 0.2) is 18.2 Å². The van der Waals surface area contributed by atoms with Gasteiger partial charge in [-0.25, -0.2) is 13.1 Å². The zero-order valence-corrected chi connectivity index (χ0v) is 18.1. The summed E-state index contributed by atoms with van der Waals surface area (Å²) in [4.78, 5) is 10.9. The van der Waals surface area contributed by atoms with Gasteiger partial charge < -0.3 is 10.1 Å². The average Bonchev–Trinajstić information content (AvgIpc) is 2.60. The van der Waals surface area contributed by atoms with E-state index in [9.17, 15) is 18.5 Å². The fraction of sp³-hybridized carbons (Fsp3) is 0.684. The van der Waals surface area contributed by atoms with Crippen molar-refractivity contribution in [3.8, 4) is 5.75 Å². The SMILES string of the molecule is CCCCOc1ccc(NCCCCCNS(=O)(=O)C(C)(C)C)c([N+](=O)[O-])c1. The fourth-order valence-electron chi connectivity index (χ4n) is 2.31. The summed E-state index contributed by atoms with van der Waals surface area (Å²) in [7, 11) is -3.31. The molecule has 2 N–H and O–H groups in total. The number of anilines is 1. The lowest BCUT2D eigenvalue weighted by atomic mass is 10.2. The summed E-state index contributed by atoms with van der Waals surface area (Å²) in [5.74, 6) is 0.497. The summed E-state index contributed by atoms with van der Waals surface area (Å²) in [6, 6.07) is 4.84. The Hall–Kier alpha value is -1.87. The molecule has 1 aromatic carbocycles. The average molecular weight is 416 g/mol. The Morgan fingerprint density at radius 3 is 2.39 bits per heavy atom. The number of hydrogen-bond acceptors (Lipinski definition) is 6. The molecule has 9 heteroatoms. The van der Waals surface area contributed by atoms with E-state index in [4.69, 9.17) is 4.74 Å². The lowest BCUT2D eigenvalue weighted by Crippen LogP contribution is -2.39. The number of unbranched alkanes of at least 4 members (excludes halogenated alkanes) is 3. The Bertz CT molecular complexity index is 730. The molecule has 1 aromatic rings. The van der Waals surface area contributed by atoms with Crippen molar-refractivity contribution in [3.63, 3.8) is 0 Å². The van der Waals surface area contributed by atoms with E-state index >= 15 is 0 Å². The van der Waals surface area contributed by atoms with Crippen LogP contribution in [0.1, 0.15) is 59.8 Å². The van der Waals surface area contributed by atoms with E-state index in [1.54, 1.807) is 32.9 Å². The normalized spacial score (nSPS) is 12.0. The van der Waals surface area contributed by atoms with Gasteiger partial charge in [-0.1, -0.05) is 19.8 Å². The minimum absolute atomic E-state index is 0.00747. The first-order valence-electron chi connectivity index (χ1n) is 9.73. The minimum Gasteiger partial charge on any atom is -0.493 e. The summed E-state index contributed by atoms with van der Waals surface area (Å²) < 4.78 is 31.2. The maximum absolute atomic E-state index is 11.9. The molecule has 0 unspecified atom stereocenters. The molecule has 0 saturated heterocycles. The molecule has 0 fully saturated rings. The Morgan fingerprint density at radius 1 is 1.11 bits per heavy atom. The van der Waals surface area contributed by atoms with Gasteiger partial charge in [0.1, 0.15) is 11.4 Å². The molecule has 160 valence electrons. The zero-order valence-electron chi connectivity index (χ0n) is 17.3. The van der Waals surface area contributed by atoms with Crippen molar-refractivity contribution in [2.75, 3.05) is 25.0 Å². The quantitative estimate of drug-likeness (QED) is 0.285. The van der Waals surface area contributed by atoms with Gasteiger partial charge >= 0.3 is 0 Å². The van der Waals surface area contributed by atoms with Crippen molar-refractivity contribution in [1.29, 1.82) is 0 Å². The number of nitro benzene ring substituents is 1. The fourth-order valence-corrected chi connectivity index (χ4v) is 3.16. The van der Waals surface area contributed by atoms with Gasteiger partial charge in [-0.05, 0) is 52.2 Å². The summed E-state index contributed by atoms with van der Waals surface area (Å²) in [5.41, 5.74) is 0.452. The van der Waals surface area contributed by atoms with Crippen molar-refractivity contribution < 1.29 is 18.1 Å². The van der Waals surface area contributed by atoms with Crippen molar-refractivity contribution in [3.05, 3.63) is 28.3 Å². The first kappa shape index (κ1) is 24.2. The molecule has 0 aromatic heterocycles. The maximum Gasteiger partial charge on any atom is 0.296 e. The second kappa shape index (κ2) is 11.2. The maximum atomic E-state index is 11.9. The van der Waals surface area contributed by atoms with Crippen LogP contribution in [0.5, 0.6) is 5.75 Å². The molecule has 0 atom stereocenters. The van der Waals surface area contributed by atoms with Crippen LogP contribution in [0.2, 0.25) is 0 Å². The first-order valence-corrected chi connectivity index (χ1v) is 11.2. The molecule has 28 heavy (non-hydrogen) atoms. The van der Waals surface area contributed by atoms with Gasteiger partial charge in [-0.2, -0.15) is 0 Å². The number of sulfonamides is 1. The molecule has 8 nitrogen and oxygen atoms in total. The smallest absolute Gasteiger partial charge is 0.296 e. The van der Waals surface area contributed by atoms with Crippen LogP contribution in [0.3, 0.4) is 0 Å². The monoisotopic (exact) mass is 415 g/mol. The minimum atomic E-state index is -3.31. The highest BCUT2D eigenvalue weighted by Crippen LogP contribution is 2.29. The zero-order chi connectivity index (χ0) is 21.2. The topological polar surface area (TPSA) is 111 Å². The molecule has 0 aliphatic heterocycles. The van der Waals surface area contributed by atoms with Crippen LogP contribution < -0.4 is 14.8 Å². The van der Waals surface area contributed by atoms with E-state index < -0.39 is 19.7 Å². The Balaban J connectivity index is 2.41. The number of nitrogens with one attached hydrogen (secondary N) is 2. The lowest BCUT2D eigenvalue weighted by molar-refractivity contribution is -0.384. The van der Waals surface area contributed by atoms with Crippen LogP contribution in [0, 0.1) is 10.1 Å². The van der Waals surface area contributed by atoms with Crippen LogP contribution in [-0.4, -0.2) is 37.8 Å². The van der Waals surface area contributed by atoms with Crippen LogP contribution >= 0.6 is 0 Å². The van der Waals surface area contributed by atoms with E-state index in [-0.39, 0.29) is 5.69 Å². The van der Waals surface area contributed by atoms with E-state index in [1.165, 1.54) is 6.07 Å². The molecule has 0 saturated carbocycles. The highest BCUT2D eigenvalue weighted by molar-refractivity contribution is 7.90. The van der Waals surface area contributed by atoms with Crippen molar-refractivity contribution in [2.24, 2.45) is 0 Å². The molecule has 0 bridgehead atoms. The van der Waals surface area contributed by atoms with Gasteiger partial charge in [-0.15, -0.1) is 0 Å². The number of nitrogens with zero attached hydrogens (tertiary/aromatic N) is 1. The predicted octanol–water partition coefficient (Wildman–Crippen LogP) is 4.07. The van der Waals surface area contributed by atoms with Gasteiger partial charge in [0.15, 0.2) is 0 Å². The van der Waals surface area contributed by atoms with E-state index in [0.717, 1.165) is 25.7 Å². The molecular weight excluding hydrogens is 382 g/mol. The van der Waals surface area contributed by atoms with Gasteiger partial charge in [0, 0.05) is 13.1 Å². The molecule has 0 amide bonds. The second-order valence-corrected chi connectivity index (χ2v) is 10.2. The van der Waals surface area contributed by atoms with Gasteiger partial charge in [0.05, 0.1) is 22.3 Å². The largest absolute Gasteiger partial charge is 0.493 e. The number of rotatable bonds is 13. The van der Waals surface area contributed by atoms with Crippen molar-refractivity contribution in [1.82, 2.24) is 4.72 Å². The predicted molar refractivity (Wildman–Crippen MR) is 113 cm³/mol. The number of nitro groups is 1. The van der Waals surface area contributed by atoms with E-state index in [1.807, 2.05) is 0 Å². The molecular formula is C19H33N3O5S. The van der Waals surface area contributed by atoms with Gasteiger partial charge in [0.25, 0.3) is 5.69 Å². The Kier molecular flexibility index (Phi) is 9.68. The molecule has 0 spiro atoms. The third kappa shape index (κ3) is 8.02. The van der Waals surface area contributed by atoms with Gasteiger partial charge in [-0.3, -0.25) is 10.1 Å². The number of benzene rings is 1. The van der Waals surface area contributed by atoms with Crippen LogP contribution in [-0.2, 0) is 10.0 Å². The highest BCUT2D eigenvalue weighted by atomic mass is 32.2. The van der Waals surface area contributed by atoms with Gasteiger partial charge in [0.2, 0.25) is 10.0 Å². The lowest BCUT2D eigenvalue weighted by Gasteiger charge is -2.19. The van der Waals surface area contributed by atoms with E-state index in [2.05, 4.69) is 17.0 Å². The van der Waals surface area contributed by atoms with Crippen molar-refractivity contribution >= 4 is 21.4 Å². The molecule has 0 heterocycles. The number of hydrogen-bond donors (Lipinski definition) is 2. The third-order valence-corrected chi connectivity index (χ3v) is 6.40. The highest BCUT2D eigenvalue weighted by Gasteiger charge is 2.27.